The van der Waals surface area contributed by atoms with Crippen LogP contribution in [0.15, 0.2) is 57.7 Å². The molecule has 1 atom stereocenters. The third kappa shape index (κ3) is 3.64. The number of ether oxygens (including phenoxy) is 1. The molecule has 8 heteroatoms. The first-order chi connectivity index (χ1) is 12.9. The molecule has 8 nitrogen and oxygen atoms in total. The van der Waals surface area contributed by atoms with Gasteiger partial charge in [-0.25, -0.2) is 4.79 Å². The fourth-order valence-corrected chi connectivity index (χ4v) is 2.70. The maximum atomic E-state index is 12.5. The number of nitro benzene ring substituents is 1. The topological polar surface area (TPSA) is 112 Å². The van der Waals surface area contributed by atoms with Gasteiger partial charge in [0.1, 0.15) is 5.56 Å². The zero-order valence-corrected chi connectivity index (χ0v) is 14.6. The second kappa shape index (κ2) is 7.28. The van der Waals surface area contributed by atoms with Crippen LogP contribution in [0.4, 0.5) is 5.69 Å². The number of nitrogens with one attached hydrogen (secondary N) is 1. The minimum atomic E-state index is -0.854. The van der Waals surface area contributed by atoms with Gasteiger partial charge in [-0.3, -0.25) is 14.9 Å². The summed E-state index contributed by atoms with van der Waals surface area (Å²) in [5.74, 6) is -0.589. The minimum absolute atomic E-state index is 0.0424. The van der Waals surface area contributed by atoms with Gasteiger partial charge >= 0.3 is 5.63 Å². The van der Waals surface area contributed by atoms with Crippen molar-refractivity contribution in [3.63, 3.8) is 0 Å². The maximum absolute atomic E-state index is 12.5. The highest BCUT2D eigenvalue weighted by molar-refractivity contribution is 5.98. The first-order valence-corrected chi connectivity index (χ1v) is 8.07. The summed E-state index contributed by atoms with van der Waals surface area (Å²) < 4.78 is 10.3. The van der Waals surface area contributed by atoms with E-state index in [4.69, 9.17) is 9.15 Å². The van der Waals surface area contributed by atoms with Crippen molar-refractivity contribution in [3.8, 4) is 5.75 Å². The van der Waals surface area contributed by atoms with Crippen molar-refractivity contribution in [1.29, 1.82) is 0 Å². The van der Waals surface area contributed by atoms with Crippen molar-refractivity contribution in [2.45, 2.75) is 13.0 Å². The van der Waals surface area contributed by atoms with E-state index in [-0.39, 0.29) is 34.0 Å². The lowest BCUT2D eigenvalue weighted by Crippen LogP contribution is -2.30. The minimum Gasteiger partial charge on any atom is -0.493 e. The summed E-state index contributed by atoms with van der Waals surface area (Å²) >= 11 is 0. The average molecular weight is 368 g/mol. The molecule has 0 aliphatic rings. The van der Waals surface area contributed by atoms with Gasteiger partial charge in [-0.2, -0.15) is 0 Å². The molecule has 0 aliphatic heterocycles. The van der Waals surface area contributed by atoms with Crippen molar-refractivity contribution in [2.24, 2.45) is 0 Å². The Morgan fingerprint density at radius 1 is 1.22 bits per heavy atom. The second-order valence-corrected chi connectivity index (χ2v) is 5.88. The highest BCUT2D eigenvalue weighted by atomic mass is 16.6. The van der Waals surface area contributed by atoms with Crippen molar-refractivity contribution >= 4 is 22.6 Å². The Labute approximate surface area is 153 Å². The van der Waals surface area contributed by atoms with Gasteiger partial charge in [-0.1, -0.05) is 30.3 Å². The van der Waals surface area contributed by atoms with Crippen molar-refractivity contribution in [1.82, 2.24) is 5.32 Å². The van der Waals surface area contributed by atoms with Crippen LogP contribution in [-0.2, 0) is 0 Å². The van der Waals surface area contributed by atoms with E-state index in [0.29, 0.717) is 0 Å². The molecule has 27 heavy (non-hydrogen) atoms. The molecule has 1 heterocycles. The number of benzene rings is 2. The van der Waals surface area contributed by atoms with Gasteiger partial charge in [-0.15, -0.1) is 0 Å². The molecule has 0 saturated carbocycles. The number of hydrogen-bond acceptors (Lipinski definition) is 6. The van der Waals surface area contributed by atoms with E-state index in [0.717, 1.165) is 11.6 Å². The van der Waals surface area contributed by atoms with Gasteiger partial charge in [0, 0.05) is 11.5 Å². The Morgan fingerprint density at radius 3 is 2.56 bits per heavy atom. The normalized spacial score (nSPS) is 11.8. The Morgan fingerprint density at radius 2 is 1.93 bits per heavy atom. The number of rotatable bonds is 5. The van der Waals surface area contributed by atoms with Crippen LogP contribution in [0, 0.1) is 10.1 Å². The van der Waals surface area contributed by atoms with Crippen LogP contribution < -0.4 is 15.7 Å². The fourth-order valence-electron chi connectivity index (χ4n) is 2.70. The van der Waals surface area contributed by atoms with Crippen LogP contribution in [-0.4, -0.2) is 17.9 Å². The van der Waals surface area contributed by atoms with Crippen LogP contribution in [0.1, 0.15) is 28.9 Å². The smallest absolute Gasteiger partial charge is 0.349 e. The standard InChI is InChI=1S/C19H16N2O6/c1-11(12-6-4-3-5-7-12)20-18(22)15-9-13-8-14(21(24)25)10-16(26-2)17(13)27-19(15)23/h3-11H,1-2H3,(H,20,22)/t11-/m1/s1. The summed E-state index contributed by atoms with van der Waals surface area (Å²) in [7, 11) is 1.31. The first kappa shape index (κ1) is 18.1. The van der Waals surface area contributed by atoms with Crippen LogP contribution in [0.5, 0.6) is 5.75 Å². The fraction of sp³-hybridized carbons (Fsp3) is 0.158. The second-order valence-electron chi connectivity index (χ2n) is 5.88. The molecular weight excluding hydrogens is 352 g/mol. The van der Waals surface area contributed by atoms with Gasteiger partial charge in [0.25, 0.3) is 11.6 Å². The van der Waals surface area contributed by atoms with Gasteiger partial charge in [0.2, 0.25) is 0 Å². The van der Waals surface area contributed by atoms with E-state index < -0.39 is 16.5 Å². The number of hydrogen-bond donors (Lipinski definition) is 1. The zero-order chi connectivity index (χ0) is 19.6. The number of nitrogens with zero attached hydrogens (tertiary/aromatic N) is 1. The predicted molar refractivity (Wildman–Crippen MR) is 98.0 cm³/mol. The Balaban J connectivity index is 2.01. The van der Waals surface area contributed by atoms with E-state index in [2.05, 4.69) is 5.32 Å². The number of amides is 1. The molecule has 1 N–H and O–H groups in total. The highest BCUT2D eigenvalue weighted by Crippen LogP contribution is 2.30. The Bertz CT molecular complexity index is 1070. The van der Waals surface area contributed by atoms with E-state index in [9.17, 15) is 19.7 Å². The first-order valence-electron chi connectivity index (χ1n) is 8.07. The number of methoxy groups -OCH3 is 1. The summed E-state index contributed by atoms with van der Waals surface area (Å²) in [6.45, 7) is 1.78. The molecular formula is C19H16N2O6. The summed E-state index contributed by atoms with van der Waals surface area (Å²) in [6.07, 6.45) is 0. The van der Waals surface area contributed by atoms with Crippen LogP contribution in [0.3, 0.4) is 0 Å². The van der Waals surface area contributed by atoms with E-state index >= 15 is 0 Å². The molecule has 0 radical (unpaired) electrons. The van der Waals surface area contributed by atoms with Crippen LogP contribution in [0.2, 0.25) is 0 Å². The molecule has 0 spiro atoms. The van der Waals surface area contributed by atoms with E-state index in [1.807, 2.05) is 30.3 Å². The summed E-state index contributed by atoms with van der Waals surface area (Å²) in [4.78, 5) is 35.3. The summed E-state index contributed by atoms with van der Waals surface area (Å²) in [5.41, 5.74) is -0.424. The molecule has 1 amide bonds. The van der Waals surface area contributed by atoms with Crippen molar-refractivity contribution < 1.29 is 18.9 Å². The van der Waals surface area contributed by atoms with Gasteiger partial charge in [0.15, 0.2) is 11.3 Å². The van der Waals surface area contributed by atoms with Crippen molar-refractivity contribution in [3.05, 3.63) is 80.2 Å². The lowest BCUT2D eigenvalue weighted by atomic mass is 10.1. The number of non-ortho nitro benzene ring substituents is 1. The van der Waals surface area contributed by atoms with E-state index in [1.165, 1.54) is 19.2 Å². The third-order valence-corrected chi connectivity index (χ3v) is 4.11. The average Bonchev–Trinajstić information content (AvgIpc) is 2.67. The quantitative estimate of drug-likeness (QED) is 0.420. The molecule has 0 aliphatic carbocycles. The molecule has 3 aromatic rings. The summed E-state index contributed by atoms with van der Waals surface area (Å²) in [6, 6.07) is 12.5. The van der Waals surface area contributed by atoms with Crippen LogP contribution >= 0.6 is 0 Å². The van der Waals surface area contributed by atoms with Crippen molar-refractivity contribution in [2.75, 3.05) is 7.11 Å². The largest absolute Gasteiger partial charge is 0.493 e. The maximum Gasteiger partial charge on any atom is 0.349 e. The number of nitro groups is 1. The lowest BCUT2D eigenvalue weighted by Gasteiger charge is -2.14. The van der Waals surface area contributed by atoms with Gasteiger partial charge < -0.3 is 14.5 Å². The highest BCUT2D eigenvalue weighted by Gasteiger charge is 2.20. The molecule has 2 aromatic carbocycles. The molecule has 1 aromatic heterocycles. The molecule has 0 saturated heterocycles. The molecule has 0 bridgehead atoms. The number of fused-ring (bicyclic) bond motifs is 1. The molecule has 138 valence electrons. The summed E-state index contributed by atoms with van der Waals surface area (Å²) in [5, 5.41) is 14.0. The van der Waals surface area contributed by atoms with E-state index in [1.54, 1.807) is 6.92 Å². The van der Waals surface area contributed by atoms with Crippen LogP contribution in [0.25, 0.3) is 11.0 Å². The van der Waals surface area contributed by atoms with Gasteiger partial charge in [0.05, 0.1) is 24.1 Å². The lowest BCUT2D eigenvalue weighted by molar-refractivity contribution is -0.384. The number of carbonyl (C=O) groups excluding carboxylic acids is 1. The molecule has 3 rings (SSSR count). The zero-order valence-electron chi connectivity index (χ0n) is 14.6. The molecule has 0 unspecified atom stereocenters. The predicted octanol–water partition coefficient (Wildman–Crippen LogP) is 3.20. The Hall–Kier alpha value is -3.68. The third-order valence-electron chi connectivity index (χ3n) is 4.11. The Kier molecular flexibility index (Phi) is 4.89. The number of carbonyl (C=O) groups is 1. The molecule has 0 fully saturated rings. The van der Waals surface area contributed by atoms with Gasteiger partial charge in [-0.05, 0) is 18.6 Å². The SMILES string of the molecule is COc1cc([N+](=O)[O-])cc2cc(C(=O)N[C@H](C)c3ccccc3)c(=O)oc12. The monoisotopic (exact) mass is 368 g/mol.